The van der Waals surface area contributed by atoms with Crippen LogP contribution in [-0.2, 0) is 9.53 Å². The van der Waals surface area contributed by atoms with Crippen molar-refractivity contribution in [3.8, 4) is 0 Å². The summed E-state index contributed by atoms with van der Waals surface area (Å²) < 4.78 is 29.1. The zero-order valence-corrected chi connectivity index (χ0v) is 8.97. The van der Waals surface area contributed by atoms with Gasteiger partial charge < -0.3 is 9.64 Å². The Bertz CT molecular complexity index is 208. The summed E-state index contributed by atoms with van der Waals surface area (Å²) in [6.45, 7) is 3.46. The molecule has 0 unspecified atom stereocenters. The summed E-state index contributed by atoms with van der Waals surface area (Å²) >= 11 is 0. The maximum Gasteiger partial charge on any atom is 0.592 e. The highest BCUT2D eigenvalue weighted by Gasteiger charge is 2.31. The average molecular weight is 220 g/mol. The maximum absolute atomic E-state index is 12.1. The molecule has 1 aliphatic heterocycles. The van der Waals surface area contributed by atoms with E-state index in [2.05, 4.69) is 0 Å². The van der Waals surface area contributed by atoms with Gasteiger partial charge in [-0.25, -0.2) is 0 Å². The van der Waals surface area contributed by atoms with Gasteiger partial charge in [0, 0.05) is 12.8 Å². The van der Waals surface area contributed by atoms with Crippen LogP contribution in [0.1, 0.15) is 19.8 Å². The van der Waals surface area contributed by atoms with Gasteiger partial charge in [-0.2, -0.15) is 0 Å². The number of halogens is 2. The van der Waals surface area contributed by atoms with E-state index in [1.807, 2.05) is 0 Å². The van der Waals surface area contributed by atoms with Crippen molar-refractivity contribution in [2.45, 2.75) is 19.8 Å². The van der Waals surface area contributed by atoms with Crippen LogP contribution >= 0.6 is 0 Å². The molecule has 15 heavy (non-hydrogen) atoms. The van der Waals surface area contributed by atoms with Gasteiger partial charge in [0.15, 0.2) is 0 Å². The highest BCUT2D eigenvalue weighted by molar-refractivity contribution is 6.42. The largest absolute Gasteiger partial charge is 0.592 e. The summed E-state index contributed by atoms with van der Waals surface area (Å²) in [7, 11) is -2.25. The summed E-state index contributed by atoms with van der Waals surface area (Å²) in [5.74, 6) is -0.250. The Morgan fingerprint density at radius 1 is 1.47 bits per heavy atom. The van der Waals surface area contributed by atoms with E-state index in [-0.39, 0.29) is 18.3 Å². The molecule has 0 atom stereocenters. The van der Waals surface area contributed by atoms with Crippen molar-refractivity contribution in [1.82, 2.24) is 0 Å². The van der Waals surface area contributed by atoms with Gasteiger partial charge in [-0.05, 0) is 6.92 Å². The van der Waals surface area contributed by atoms with Gasteiger partial charge in [0.2, 0.25) is 0 Å². The first-order chi connectivity index (χ1) is 7.13. The summed E-state index contributed by atoms with van der Waals surface area (Å²) in [4.78, 5) is 12.2. The van der Waals surface area contributed by atoms with Gasteiger partial charge in [-0.15, -0.1) is 0 Å². The highest BCUT2D eigenvalue weighted by Crippen LogP contribution is 2.11. The van der Waals surface area contributed by atoms with E-state index in [1.165, 1.54) is 0 Å². The monoisotopic (exact) mass is 220 g/mol. The van der Waals surface area contributed by atoms with E-state index in [9.17, 15) is 13.4 Å². The fourth-order valence-corrected chi connectivity index (χ4v) is 1.94. The Hall–Kier alpha value is -0.645. The Balaban J connectivity index is 2.26. The van der Waals surface area contributed by atoms with Crippen molar-refractivity contribution in [3.05, 3.63) is 0 Å². The molecular formula is C9H17BF2NO2+. The molecule has 0 aromatic heterocycles. The van der Waals surface area contributed by atoms with Crippen molar-refractivity contribution >= 4 is 13.2 Å². The number of rotatable bonds is 4. The molecule has 0 spiro atoms. The van der Waals surface area contributed by atoms with E-state index in [4.69, 9.17) is 4.74 Å². The van der Waals surface area contributed by atoms with Gasteiger partial charge in [-0.3, -0.25) is 13.4 Å². The van der Waals surface area contributed by atoms with Crippen molar-refractivity contribution in [1.29, 1.82) is 0 Å². The van der Waals surface area contributed by atoms with Crippen LogP contribution in [-0.4, -0.2) is 39.4 Å². The number of piperidine rings is 1. The minimum absolute atomic E-state index is 0.0774. The molecule has 0 radical (unpaired) electrons. The zero-order chi connectivity index (χ0) is 11.3. The van der Waals surface area contributed by atoms with Crippen LogP contribution in [0, 0.1) is 5.92 Å². The van der Waals surface area contributed by atoms with Crippen molar-refractivity contribution in [2.75, 3.05) is 26.1 Å². The fraction of sp³-hybridized carbons (Fsp3) is 0.889. The second kappa shape index (κ2) is 6.05. The molecule has 0 amide bonds. The summed E-state index contributed by atoms with van der Waals surface area (Å²) in [6.07, 6.45) is 1.23. The summed E-state index contributed by atoms with van der Waals surface area (Å²) in [5, 5.41) is 0. The number of quaternary nitrogens is 1. The number of likely N-dealkylation sites (tertiary alicyclic amines) is 1. The molecule has 1 aliphatic rings. The van der Waals surface area contributed by atoms with E-state index in [1.54, 1.807) is 6.92 Å². The van der Waals surface area contributed by atoms with Gasteiger partial charge in [0.05, 0.1) is 25.6 Å². The lowest BCUT2D eigenvalue weighted by molar-refractivity contribution is -0.896. The summed E-state index contributed by atoms with van der Waals surface area (Å²) in [5.41, 5.74) is 0. The number of hydrogen-bond acceptors (Lipinski definition) is 2. The second-order valence-corrected chi connectivity index (χ2v) is 3.87. The van der Waals surface area contributed by atoms with Crippen LogP contribution < -0.4 is 4.90 Å². The average Bonchev–Trinajstić information content (AvgIpc) is 2.18. The minimum Gasteiger partial charge on any atom is -0.466 e. The maximum atomic E-state index is 12.1. The van der Waals surface area contributed by atoms with Crippen molar-refractivity contribution in [3.63, 3.8) is 0 Å². The predicted octanol–water partition coefficient (Wildman–Crippen LogP) is -0.189. The Kier molecular flexibility index (Phi) is 5.01. The molecule has 3 nitrogen and oxygen atoms in total. The van der Waals surface area contributed by atoms with Crippen LogP contribution in [0.4, 0.5) is 8.63 Å². The molecule has 0 bridgehead atoms. The first-order valence-electron chi connectivity index (χ1n) is 5.41. The molecule has 1 fully saturated rings. The van der Waals surface area contributed by atoms with Crippen LogP contribution in [0.25, 0.3) is 0 Å². The lowest BCUT2D eigenvalue weighted by Crippen LogP contribution is -3.14. The first-order valence-corrected chi connectivity index (χ1v) is 5.41. The zero-order valence-electron chi connectivity index (χ0n) is 8.97. The fourth-order valence-electron chi connectivity index (χ4n) is 1.94. The number of hydrogen-bond donors (Lipinski definition) is 1. The topological polar surface area (TPSA) is 30.7 Å². The first kappa shape index (κ1) is 12.4. The molecule has 1 rings (SSSR count). The quantitative estimate of drug-likeness (QED) is 0.525. The lowest BCUT2D eigenvalue weighted by atomic mass is 9.92. The molecule has 6 heteroatoms. The van der Waals surface area contributed by atoms with Gasteiger partial charge >= 0.3 is 13.2 Å². The molecular weight excluding hydrogens is 203 g/mol. The van der Waals surface area contributed by atoms with E-state index >= 15 is 0 Å². The normalized spacial score (nSPS) is 26.1. The third-order valence-electron chi connectivity index (χ3n) is 2.76. The molecule has 1 heterocycles. The van der Waals surface area contributed by atoms with Crippen molar-refractivity contribution < 1.29 is 23.1 Å². The van der Waals surface area contributed by atoms with Crippen LogP contribution in [0.15, 0.2) is 0 Å². The van der Waals surface area contributed by atoms with Crippen LogP contribution in [0.2, 0.25) is 0 Å². The molecule has 0 aliphatic carbocycles. The third kappa shape index (κ3) is 4.16. The highest BCUT2D eigenvalue weighted by atomic mass is 19.2. The molecule has 86 valence electrons. The molecule has 1 saturated heterocycles. The molecule has 0 aromatic rings. The molecule has 1 N–H and O–H groups in total. The predicted molar refractivity (Wildman–Crippen MR) is 52.9 cm³/mol. The van der Waals surface area contributed by atoms with Crippen LogP contribution in [0.3, 0.4) is 0 Å². The second-order valence-electron chi connectivity index (χ2n) is 3.87. The summed E-state index contributed by atoms with van der Waals surface area (Å²) in [6, 6.07) is 0. The van der Waals surface area contributed by atoms with E-state index in [0.29, 0.717) is 32.5 Å². The number of ether oxygens (including phenoxy) is 1. The lowest BCUT2D eigenvalue weighted by Gasteiger charge is -2.27. The van der Waals surface area contributed by atoms with E-state index < -0.39 is 7.27 Å². The number of carbonyl (C=O) groups is 1. The minimum atomic E-state index is -2.25. The standard InChI is InChI=1S/C9H16BF2NO2/c1-2-15-9(14)8-3-5-13(6-4-8)7-10(11)12/h8H,2-7H2,1H3/p+1. The number of esters is 1. The van der Waals surface area contributed by atoms with Gasteiger partial charge in [-0.1, -0.05) is 0 Å². The Labute approximate surface area is 88.9 Å². The number of carbonyl (C=O) groups excluding carboxylic acids is 1. The molecule has 0 aromatic carbocycles. The van der Waals surface area contributed by atoms with Gasteiger partial charge in [0.1, 0.15) is 6.44 Å². The Morgan fingerprint density at radius 2 is 2.07 bits per heavy atom. The third-order valence-corrected chi connectivity index (χ3v) is 2.76. The SMILES string of the molecule is CCOC(=O)C1CC[NH+](CB(F)F)CC1. The smallest absolute Gasteiger partial charge is 0.466 e. The van der Waals surface area contributed by atoms with Crippen molar-refractivity contribution in [2.24, 2.45) is 5.92 Å². The van der Waals surface area contributed by atoms with Crippen LogP contribution in [0.5, 0.6) is 0 Å². The number of nitrogens with one attached hydrogen (secondary N) is 1. The Morgan fingerprint density at radius 3 is 2.53 bits per heavy atom. The van der Waals surface area contributed by atoms with E-state index in [0.717, 1.165) is 4.90 Å². The van der Waals surface area contributed by atoms with Gasteiger partial charge in [0.25, 0.3) is 0 Å². The molecule has 0 saturated carbocycles.